The molecular weight excluding hydrogens is 278 g/mol. The highest BCUT2D eigenvalue weighted by molar-refractivity contribution is 6.33. The van der Waals surface area contributed by atoms with Gasteiger partial charge in [0, 0.05) is 6.54 Å². The molecule has 1 aromatic rings. The van der Waals surface area contributed by atoms with Gasteiger partial charge in [-0.2, -0.15) is 0 Å². The number of imide groups is 1. The highest BCUT2D eigenvalue weighted by atomic mass is 35.5. The number of nitrogens with one attached hydrogen (secondary N) is 2. The van der Waals surface area contributed by atoms with Gasteiger partial charge >= 0.3 is 0 Å². The van der Waals surface area contributed by atoms with E-state index in [-0.39, 0.29) is 18.4 Å². The lowest BCUT2D eigenvalue weighted by atomic mass is 10.1. The highest BCUT2D eigenvalue weighted by Gasteiger charge is 2.31. The first-order valence-electron chi connectivity index (χ1n) is 6.62. The van der Waals surface area contributed by atoms with Crippen LogP contribution in [0.4, 0.5) is 5.69 Å². The van der Waals surface area contributed by atoms with Crippen LogP contribution in [0.25, 0.3) is 0 Å². The number of amides is 2. The third-order valence-electron chi connectivity index (χ3n) is 3.32. The Balaban J connectivity index is 2.23. The van der Waals surface area contributed by atoms with Crippen molar-refractivity contribution in [1.29, 1.82) is 0 Å². The van der Waals surface area contributed by atoms with Gasteiger partial charge in [-0.15, -0.1) is 0 Å². The second-order valence-electron chi connectivity index (χ2n) is 4.78. The maximum Gasteiger partial charge on any atom is 0.249 e. The van der Waals surface area contributed by atoms with E-state index in [1.807, 2.05) is 25.1 Å². The molecule has 0 spiro atoms. The van der Waals surface area contributed by atoms with E-state index in [4.69, 9.17) is 11.6 Å². The third kappa shape index (κ3) is 3.11. The molecule has 108 valence electrons. The van der Waals surface area contributed by atoms with Crippen LogP contribution < -0.4 is 15.5 Å². The first-order chi connectivity index (χ1) is 9.52. The van der Waals surface area contributed by atoms with Gasteiger partial charge < -0.3 is 10.2 Å². The lowest BCUT2D eigenvalue weighted by Gasteiger charge is -2.34. The summed E-state index contributed by atoms with van der Waals surface area (Å²) >= 11 is 6.29. The monoisotopic (exact) mass is 295 g/mol. The highest BCUT2D eigenvalue weighted by Crippen LogP contribution is 2.29. The Morgan fingerprint density at radius 3 is 2.85 bits per heavy atom. The van der Waals surface area contributed by atoms with Crippen LogP contribution in [0.15, 0.2) is 18.2 Å². The average molecular weight is 296 g/mol. The number of nitrogens with zero attached hydrogens (tertiary/aromatic N) is 1. The molecule has 1 unspecified atom stereocenters. The van der Waals surface area contributed by atoms with Gasteiger partial charge in [0.1, 0.15) is 6.04 Å². The van der Waals surface area contributed by atoms with Crippen molar-refractivity contribution in [2.24, 2.45) is 0 Å². The molecule has 0 radical (unpaired) electrons. The average Bonchev–Trinajstić information content (AvgIpc) is 2.41. The summed E-state index contributed by atoms with van der Waals surface area (Å²) in [5.74, 6) is -0.602. The summed E-state index contributed by atoms with van der Waals surface area (Å²) in [7, 11) is 0. The normalized spacial score (nSPS) is 19.1. The summed E-state index contributed by atoms with van der Waals surface area (Å²) in [5.41, 5.74) is 1.78. The van der Waals surface area contributed by atoms with E-state index >= 15 is 0 Å². The van der Waals surface area contributed by atoms with Crippen LogP contribution in [0.3, 0.4) is 0 Å². The van der Waals surface area contributed by atoms with Crippen molar-refractivity contribution < 1.29 is 9.59 Å². The maximum absolute atomic E-state index is 11.7. The van der Waals surface area contributed by atoms with E-state index in [0.29, 0.717) is 10.7 Å². The lowest BCUT2D eigenvalue weighted by molar-refractivity contribution is -0.132. The van der Waals surface area contributed by atoms with Gasteiger partial charge in [-0.05, 0) is 31.2 Å². The van der Waals surface area contributed by atoms with Crippen LogP contribution in [0.5, 0.6) is 0 Å². The first-order valence-corrected chi connectivity index (χ1v) is 7.00. The number of rotatable bonds is 4. The van der Waals surface area contributed by atoms with Crippen LogP contribution in [0.1, 0.15) is 19.4 Å². The number of benzene rings is 1. The van der Waals surface area contributed by atoms with Crippen molar-refractivity contribution in [2.45, 2.75) is 26.4 Å². The SMILES string of the molecule is CCNCc1ccc(N2CC(=O)NC(=O)C2C)c(Cl)c1. The van der Waals surface area contributed by atoms with Crippen LogP contribution in [-0.4, -0.2) is 30.9 Å². The van der Waals surface area contributed by atoms with E-state index in [2.05, 4.69) is 10.6 Å². The third-order valence-corrected chi connectivity index (χ3v) is 3.63. The topological polar surface area (TPSA) is 61.4 Å². The van der Waals surface area contributed by atoms with Crippen molar-refractivity contribution in [1.82, 2.24) is 10.6 Å². The molecule has 20 heavy (non-hydrogen) atoms. The Morgan fingerprint density at radius 1 is 1.45 bits per heavy atom. The molecule has 2 rings (SSSR count). The van der Waals surface area contributed by atoms with Gasteiger partial charge in [0.15, 0.2) is 0 Å². The van der Waals surface area contributed by atoms with Crippen molar-refractivity contribution in [2.75, 3.05) is 18.0 Å². The molecule has 1 saturated heterocycles. The Hall–Kier alpha value is -1.59. The van der Waals surface area contributed by atoms with Gasteiger partial charge in [0.2, 0.25) is 11.8 Å². The molecule has 1 atom stereocenters. The largest absolute Gasteiger partial charge is 0.349 e. The predicted octanol–water partition coefficient (Wildman–Crippen LogP) is 1.30. The van der Waals surface area contributed by atoms with E-state index in [9.17, 15) is 9.59 Å². The summed E-state index contributed by atoms with van der Waals surface area (Å²) in [4.78, 5) is 24.9. The summed E-state index contributed by atoms with van der Waals surface area (Å²) in [6, 6.07) is 5.26. The molecule has 0 saturated carbocycles. The number of halogens is 1. The van der Waals surface area contributed by atoms with Crippen LogP contribution in [-0.2, 0) is 16.1 Å². The molecule has 2 N–H and O–H groups in total. The smallest absolute Gasteiger partial charge is 0.249 e. The Labute approximate surface area is 123 Å². The summed E-state index contributed by atoms with van der Waals surface area (Å²) in [6.45, 7) is 5.56. The first kappa shape index (κ1) is 14.8. The summed E-state index contributed by atoms with van der Waals surface area (Å²) in [6.07, 6.45) is 0. The molecule has 0 bridgehead atoms. The maximum atomic E-state index is 11.7. The summed E-state index contributed by atoms with van der Waals surface area (Å²) < 4.78 is 0. The molecule has 1 heterocycles. The van der Waals surface area contributed by atoms with E-state index in [0.717, 1.165) is 18.7 Å². The summed E-state index contributed by atoms with van der Waals surface area (Å²) in [5, 5.41) is 6.09. The Morgan fingerprint density at radius 2 is 2.20 bits per heavy atom. The minimum absolute atomic E-state index is 0.138. The predicted molar refractivity (Wildman–Crippen MR) is 78.8 cm³/mol. The molecule has 1 aromatic carbocycles. The Kier molecular flexibility index (Phi) is 4.62. The standard InChI is InChI=1S/C14H18ClN3O2/c1-3-16-7-10-4-5-12(11(15)6-10)18-8-13(19)17-14(20)9(18)2/h4-6,9,16H,3,7-8H2,1-2H3,(H,17,19,20). The lowest BCUT2D eigenvalue weighted by Crippen LogP contribution is -2.57. The van der Waals surface area contributed by atoms with Gasteiger partial charge in [-0.1, -0.05) is 24.6 Å². The fourth-order valence-electron chi connectivity index (χ4n) is 2.17. The number of hydrogen-bond donors (Lipinski definition) is 2. The minimum atomic E-state index is -0.412. The van der Waals surface area contributed by atoms with Crippen molar-refractivity contribution in [3.63, 3.8) is 0 Å². The number of carbonyl (C=O) groups excluding carboxylic acids is 2. The second-order valence-corrected chi connectivity index (χ2v) is 5.19. The Bertz CT molecular complexity index is 533. The number of anilines is 1. The van der Waals surface area contributed by atoms with Gasteiger partial charge in [-0.25, -0.2) is 0 Å². The van der Waals surface area contributed by atoms with Gasteiger partial charge in [-0.3, -0.25) is 14.9 Å². The number of carbonyl (C=O) groups is 2. The van der Waals surface area contributed by atoms with Crippen LogP contribution >= 0.6 is 11.6 Å². The fourth-order valence-corrected chi connectivity index (χ4v) is 2.48. The van der Waals surface area contributed by atoms with Crippen molar-refractivity contribution >= 4 is 29.1 Å². The molecular formula is C14H18ClN3O2. The quantitative estimate of drug-likeness (QED) is 0.822. The van der Waals surface area contributed by atoms with Crippen LogP contribution in [0, 0.1) is 0 Å². The van der Waals surface area contributed by atoms with Crippen molar-refractivity contribution in [3.8, 4) is 0 Å². The molecule has 5 nitrogen and oxygen atoms in total. The molecule has 1 aliphatic heterocycles. The van der Waals surface area contributed by atoms with Gasteiger partial charge in [0.25, 0.3) is 0 Å². The molecule has 1 fully saturated rings. The van der Waals surface area contributed by atoms with E-state index in [1.165, 1.54) is 0 Å². The fraction of sp³-hybridized carbons (Fsp3) is 0.429. The van der Waals surface area contributed by atoms with E-state index in [1.54, 1.807) is 11.8 Å². The molecule has 0 aromatic heterocycles. The minimum Gasteiger partial charge on any atom is -0.349 e. The molecule has 6 heteroatoms. The number of piperazine rings is 1. The molecule has 0 aliphatic carbocycles. The van der Waals surface area contributed by atoms with E-state index < -0.39 is 6.04 Å². The van der Waals surface area contributed by atoms with Gasteiger partial charge in [0.05, 0.1) is 17.3 Å². The zero-order valence-electron chi connectivity index (χ0n) is 11.6. The van der Waals surface area contributed by atoms with Crippen molar-refractivity contribution in [3.05, 3.63) is 28.8 Å². The zero-order chi connectivity index (χ0) is 14.7. The molecule has 2 amide bonds. The zero-order valence-corrected chi connectivity index (χ0v) is 12.3. The van der Waals surface area contributed by atoms with Crippen LogP contribution in [0.2, 0.25) is 5.02 Å². The number of hydrogen-bond acceptors (Lipinski definition) is 4. The molecule has 1 aliphatic rings. The second kappa shape index (κ2) is 6.24.